The molecule has 0 fully saturated rings. The van der Waals surface area contributed by atoms with Crippen LogP contribution in [0.25, 0.3) is 5.69 Å². The van der Waals surface area contributed by atoms with E-state index in [2.05, 4.69) is 5.32 Å². The normalized spacial score (nSPS) is 11.9. The van der Waals surface area contributed by atoms with Crippen molar-refractivity contribution in [1.82, 2.24) is 14.7 Å². The van der Waals surface area contributed by atoms with Gasteiger partial charge in [-0.05, 0) is 58.0 Å². The van der Waals surface area contributed by atoms with E-state index in [-0.39, 0.29) is 22.1 Å². The molecule has 2 aromatic carbocycles. The Balaban J connectivity index is 2.06. The average Bonchev–Trinajstić information content (AvgIpc) is 2.95. The van der Waals surface area contributed by atoms with Crippen LogP contribution in [0.15, 0.2) is 64.3 Å². The summed E-state index contributed by atoms with van der Waals surface area (Å²) in [6.45, 7) is 7.22. The van der Waals surface area contributed by atoms with Crippen molar-refractivity contribution >= 4 is 21.6 Å². The molecule has 3 rings (SSSR count). The van der Waals surface area contributed by atoms with E-state index >= 15 is 0 Å². The molecule has 0 aliphatic carbocycles. The zero-order valence-electron chi connectivity index (χ0n) is 19.1. The fourth-order valence-electron chi connectivity index (χ4n) is 3.41. The van der Waals surface area contributed by atoms with Gasteiger partial charge in [-0.3, -0.25) is 18.6 Å². The molecule has 0 radical (unpaired) electrons. The quantitative estimate of drug-likeness (QED) is 0.639. The number of aromatic nitrogens is 2. The highest BCUT2D eigenvalue weighted by Crippen LogP contribution is 2.24. The third-order valence-corrected chi connectivity index (χ3v) is 6.84. The predicted molar refractivity (Wildman–Crippen MR) is 125 cm³/mol. The number of sulfonamides is 1. The maximum Gasteiger partial charge on any atom is 0.296 e. The van der Waals surface area contributed by atoms with Crippen LogP contribution < -0.4 is 15.2 Å². The Kier molecular flexibility index (Phi) is 6.06. The van der Waals surface area contributed by atoms with Crippen molar-refractivity contribution in [2.75, 3.05) is 11.4 Å². The zero-order chi connectivity index (χ0) is 23.8. The van der Waals surface area contributed by atoms with E-state index in [0.717, 1.165) is 4.31 Å². The largest absolute Gasteiger partial charge is 0.347 e. The molecule has 0 aliphatic rings. The third-order valence-electron chi connectivity index (χ3n) is 5.08. The fourth-order valence-corrected chi connectivity index (χ4v) is 4.70. The Morgan fingerprint density at radius 2 is 1.66 bits per heavy atom. The second kappa shape index (κ2) is 8.31. The number of rotatable bonds is 5. The Morgan fingerprint density at radius 3 is 2.25 bits per heavy atom. The number of nitrogens with one attached hydrogen (secondary N) is 1. The number of hydrogen-bond acceptors (Lipinski definition) is 4. The Labute approximate surface area is 188 Å². The molecule has 1 amide bonds. The first kappa shape index (κ1) is 23.3. The van der Waals surface area contributed by atoms with Crippen molar-refractivity contribution in [3.63, 3.8) is 0 Å². The molecule has 32 heavy (non-hydrogen) atoms. The van der Waals surface area contributed by atoms with E-state index in [1.165, 1.54) is 29.9 Å². The molecular weight excluding hydrogens is 428 g/mol. The minimum absolute atomic E-state index is 0.0425. The molecular formula is C23H28N4O4S. The molecule has 0 unspecified atom stereocenters. The number of amides is 1. The lowest BCUT2D eigenvalue weighted by molar-refractivity contribution is 0.0919. The number of anilines is 1. The van der Waals surface area contributed by atoms with Crippen LogP contribution in [0.1, 0.15) is 36.8 Å². The summed E-state index contributed by atoms with van der Waals surface area (Å²) in [4.78, 5) is 25.7. The monoisotopic (exact) mass is 456 g/mol. The van der Waals surface area contributed by atoms with Crippen LogP contribution in [0.5, 0.6) is 0 Å². The summed E-state index contributed by atoms with van der Waals surface area (Å²) < 4.78 is 30.8. The van der Waals surface area contributed by atoms with Crippen LogP contribution in [-0.4, -0.2) is 36.3 Å². The topological polar surface area (TPSA) is 93.4 Å². The first-order valence-electron chi connectivity index (χ1n) is 10.1. The van der Waals surface area contributed by atoms with Gasteiger partial charge in [0.15, 0.2) is 0 Å². The minimum atomic E-state index is -4.10. The predicted octanol–water partition coefficient (Wildman–Crippen LogP) is 2.84. The lowest BCUT2D eigenvalue weighted by atomic mass is 10.1. The van der Waals surface area contributed by atoms with Crippen molar-refractivity contribution in [2.24, 2.45) is 7.05 Å². The molecule has 1 aromatic heterocycles. The highest BCUT2D eigenvalue weighted by atomic mass is 32.2. The van der Waals surface area contributed by atoms with Gasteiger partial charge in [-0.15, -0.1) is 0 Å². The Hall–Kier alpha value is -3.33. The molecule has 3 aromatic rings. The van der Waals surface area contributed by atoms with Gasteiger partial charge in [-0.1, -0.05) is 24.3 Å². The van der Waals surface area contributed by atoms with Gasteiger partial charge in [0.25, 0.3) is 21.5 Å². The summed E-state index contributed by atoms with van der Waals surface area (Å²) in [6.07, 6.45) is 0. The van der Waals surface area contributed by atoms with Crippen LogP contribution in [-0.2, 0) is 17.1 Å². The van der Waals surface area contributed by atoms with Gasteiger partial charge in [-0.25, -0.2) is 13.1 Å². The van der Waals surface area contributed by atoms with E-state index in [1.807, 2.05) is 26.8 Å². The van der Waals surface area contributed by atoms with Crippen LogP contribution in [0, 0.1) is 6.92 Å². The molecule has 0 aliphatic heterocycles. The van der Waals surface area contributed by atoms with Crippen LogP contribution in [0.4, 0.5) is 5.69 Å². The molecule has 0 saturated heterocycles. The van der Waals surface area contributed by atoms with Crippen molar-refractivity contribution in [1.29, 1.82) is 0 Å². The first-order chi connectivity index (χ1) is 14.8. The summed E-state index contributed by atoms with van der Waals surface area (Å²) in [7, 11) is -1.05. The van der Waals surface area contributed by atoms with Crippen molar-refractivity contribution < 1.29 is 13.2 Å². The Bertz CT molecular complexity index is 1320. The van der Waals surface area contributed by atoms with Gasteiger partial charge in [0.2, 0.25) is 0 Å². The fraction of sp³-hybridized carbons (Fsp3) is 0.304. The Morgan fingerprint density at radius 1 is 1.03 bits per heavy atom. The van der Waals surface area contributed by atoms with E-state index in [9.17, 15) is 18.0 Å². The van der Waals surface area contributed by atoms with Crippen molar-refractivity contribution in [3.8, 4) is 5.69 Å². The van der Waals surface area contributed by atoms with Gasteiger partial charge >= 0.3 is 0 Å². The molecule has 8 nitrogen and oxygen atoms in total. The number of para-hydroxylation sites is 1. The molecule has 1 N–H and O–H groups in total. The molecule has 170 valence electrons. The zero-order valence-corrected chi connectivity index (χ0v) is 19.9. The highest BCUT2D eigenvalue weighted by molar-refractivity contribution is 7.92. The van der Waals surface area contributed by atoms with Gasteiger partial charge in [0, 0.05) is 25.2 Å². The first-order valence-corrected chi connectivity index (χ1v) is 11.5. The van der Waals surface area contributed by atoms with Crippen LogP contribution >= 0.6 is 0 Å². The molecule has 0 atom stereocenters. The van der Waals surface area contributed by atoms with E-state index in [0.29, 0.717) is 11.4 Å². The van der Waals surface area contributed by atoms with E-state index < -0.39 is 21.1 Å². The van der Waals surface area contributed by atoms with Gasteiger partial charge in [0.1, 0.15) is 5.69 Å². The lowest BCUT2D eigenvalue weighted by Gasteiger charge is -2.21. The smallest absolute Gasteiger partial charge is 0.296 e. The molecule has 0 spiro atoms. The van der Waals surface area contributed by atoms with Crippen molar-refractivity contribution in [3.05, 3.63) is 76.2 Å². The highest BCUT2D eigenvalue weighted by Gasteiger charge is 2.29. The maximum atomic E-state index is 13.4. The summed E-state index contributed by atoms with van der Waals surface area (Å²) in [5, 5.41) is 2.82. The van der Waals surface area contributed by atoms with Crippen LogP contribution in [0.2, 0.25) is 0 Å². The third kappa shape index (κ3) is 4.34. The lowest BCUT2D eigenvalue weighted by Crippen LogP contribution is -2.40. The van der Waals surface area contributed by atoms with Crippen LogP contribution in [0.3, 0.4) is 0 Å². The molecule has 9 heteroatoms. The summed E-state index contributed by atoms with van der Waals surface area (Å²) >= 11 is 0. The van der Waals surface area contributed by atoms with Gasteiger partial charge in [-0.2, -0.15) is 0 Å². The standard InChI is InChI=1S/C23H28N4O4S/c1-16-20(22(29)27(25(16)5)18-12-8-7-9-13-18)26(6)32(30,31)19-14-10-11-17(15-19)21(28)24-23(2,3)4/h7-15H,1-6H3,(H,24,28). The summed E-state index contributed by atoms with van der Waals surface area (Å²) in [6, 6.07) is 14.8. The molecule has 0 saturated carbocycles. The van der Waals surface area contributed by atoms with Crippen molar-refractivity contribution in [2.45, 2.75) is 38.1 Å². The van der Waals surface area contributed by atoms with Gasteiger partial charge < -0.3 is 5.32 Å². The number of nitrogens with zero attached hydrogens (tertiary/aromatic N) is 3. The second-order valence-corrected chi connectivity index (χ2v) is 10.6. The van der Waals surface area contributed by atoms with E-state index in [4.69, 9.17) is 0 Å². The second-order valence-electron chi connectivity index (χ2n) is 8.61. The molecule has 0 bridgehead atoms. The maximum absolute atomic E-state index is 13.4. The number of carbonyl (C=O) groups excluding carboxylic acids is 1. The van der Waals surface area contributed by atoms with Gasteiger partial charge in [0.05, 0.1) is 16.3 Å². The molecule has 1 heterocycles. The van der Waals surface area contributed by atoms with E-state index in [1.54, 1.807) is 49.0 Å². The number of hydrogen-bond donors (Lipinski definition) is 1. The number of benzene rings is 2. The number of carbonyl (C=O) groups is 1. The average molecular weight is 457 g/mol. The minimum Gasteiger partial charge on any atom is -0.347 e. The SMILES string of the molecule is Cc1c(N(C)S(=O)(=O)c2cccc(C(=O)NC(C)(C)C)c2)c(=O)n(-c2ccccc2)n1C. The summed E-state index contributed by atoms with van der Waals surface area (Å²) in [5.74, 6) is -0.375. The summed E-state index contributed by atoms with van der Waals surface area (Å²) in [5.41, 5.74) is 0.463.